The number of rotatable bonds is 2. The molecular formula is C38H21N3S2. The number of nitrogens with zero attached hydrogens (tertiary/aromatic N) is 3. The van der Waals surface area contributed by atoms with Crippen LogP contribution in [-0.2, 0) is 0 Å². The topological polar surface area (TPSA) is 30.7 Å². The second-order valence-electron chi connectivity index (χ2n) is 11.0. The van der Waals surface area contributed by atoms with Gasteiger partial charge in [-0.1, -0.05) is 97.1 Å². The third-order valence-corrected chi connectivity index (χ3v) is 10.8. The van der Waals surface area contributed by atoms with Crippen molar-refractivity contribution in [1.82, 2.24) is 14.5 Å². The number of thiophene rings is 2. The van der Waals surface area contributed by atoms with Crippen molar-refractivity contribution in [3.05, 3.63) is 127 Å². The quantitative estimate of drug-likeness (QED) is 0.203. The summed E-state index contributed by atoms with van der Waals surface area (Å²) in [4.78, 5) is 11.8. The molecule has 10 aromatic rings. The number of para-hydroxylation sites is 1. The summed E-state index contributed by atoms with van der Waals surface area (Å²) >= 11 is 3.59. The zero-order valence-electron chi connectivity index (χ0n) is 22.8. The third kappa shape index (κ3) is 3.29. The first-order valence-corrected chi connectivity index (χ1v) is 16.0. The lowest BCUT2D eigenvalue weighted by Crippen LogP contribution is -2.02. The predicted molar refractivity (Wildman–Crippen MR) is 185 cm³/mol. The summed E-state index contributed by atoms with van der Waals surface area (Å²) < 4.78 is 6.07. The fourth-order valence-corrected chi connectivity index (χ4v) is 8.93. The van der Waals surface area contributed by atoms with E-state index in [1.807, 2.05) is 11.3 Å². The van der Waals surface area contributed by atoms with Crippen LogP contribution in [0.3, 0.4) is 0 Å². The van der Waals surface area contributed by atoms with Gasteiger partial charge in [0.15, 0.2) is 0 Å². The van der Waals surface area contributed by atoms with E-state index in [-0.39, 0.29) is 0 Å². The zero-order valence-corrected chi connectivity index (χ0v) is 24.4. The highest BCUT2D eigenvalue weighted by Gasteiger charge is 2.21. The highest BCUT2D eigenvalue weighted by molar-refractivity contribution is 7.26. The second-order valence-corrected chi connectivity index (χ2v) is 13.1. The van der Waals surface area contributed by atoms with E-state index in [0.717, 1.165) is 32.5 Å². The van der Waals surface area contributed by atoms with Gasteiger partial charge in [-0.05, 0) is 41.1 Å². The number of fused-ring (bicyclic) bond motifs is 10. The van der Waals surface area contributed by atoms with Gasteiger partial charge in [0.25, 0.3) is 0 Å². The first-order chi connectivity index (χ1) is 21.3. The molecule has 43 heavy (non-hydrogen) atoms. The van der Waals surface area contributed by atoms with E-state index in [1.54, 1.807) is 11.3 Å². The SMILES string of the molecule is c1ccc2c(-c3nc(-n4c5ccccc5c5cc6c(cc54)sc4ccccc46)nc4sc5ccccc5c34)cccc2c1. The van der Waals surface area contributed by atoms with E-state index in [1.165, 1.54) is 51.8 Å². The van der Waals surface area contributed by atoms with Crippen LogP contribution in [0.15, 0.2) is 127 Å². The van der Waals surface area contributed by atoms with Crippen molar-refractivity contribution in [2.45, 2.75) is 0 Å². The van der Waals surface area contributed by atoms with Gasteiger partial charge in [0, 0.05) is 52.0 Å². The fourth-order valence-electron chi connectivity index (χ4n) is 6.74. The Morgan fingerprint density at radius 1 is 0.465 bits per heavy atom. The summed E-state index contributed by atoms with van der Waals surface area (Å²) in [6.45, 7) is 0. The smallest absolute Gasteiger partial charge is 0.236 e. The Hall–Kier alpha value is -5.10. The highest BCUT2D eigenvalue weighted by Crippen LogP contribution is 2.43. The standard InChI is InChI=1S/C38H21N3S2/c1-2-12-23-22(10-1)11-9-16-26(23)36-35-27-15-5-8-19-33(27)43-37(35)40-38(39-36)41-30-17-6-3-13-24(30)28-20-29-25-14-4-7-18-32(25)42-34(29)21-31(28)41/h1-21H. The van der Waals surface area contributed by atoms with Crippen molar-refractivity contribution in [2.75, 3.05) is 0 Å². The lowest BCUT2D eigenvalue weighted by atomic mass is 9.99. The minimum atomic E-state index is 0.702. The summed E-state index contributed by atoms with van der Waals surface area (Å²) in [7, 11) is 0. The van der Waals surface area contributed by atoms with Crippen LogP contribution in [0.5, 0.6) is 0 Å². The maximum absolute atomic E-state index is 5.47. The maximum atomic E-state index is 5.47. The first kappa shape index (κ1) is 23.5. The van der Waals surface area contributed by atoms with Gasteiger partial charge >= 0.3 is 0 Å². The molecule has 0 atom stereocenters. The van der Waals surface area contributed by atoms with Gasteiger partial charge in [-0.25, -0.2) is 9.97 Å². The van der Waals surface area contributed by atoms with Crippen molar-refractivity contribution in [1.29, 1.82) is 0 Å². The molecule has 0 aliphatic heterocycles. The molecule has 0 fully saturated rings. The van der Waals surface area contributed by atoms with Gasteiger partial charge < -0.3 is 0 Å². The molecule has 0 spiro atoms. The molecule has 10 rings (SSSR count). The van der Waals surface area contributed by atoms with Crippen LogP contribution < -0.4 is 0 Å². The molecule has 0 amide bonds. The lowest BCUT2D eigenvalue weighted by molar-refractivity contribution is 1.02. The van der Waals surface area contributed by atoms with Crippen molar-refractivity contribution >= 4 is 95.7 Å². The van der Waals surface area contributed by atoms with Crippen LogP contribution in [0.2, 0.25) is 0 Å². The summed E-state index contributed by atoms with van der Waals surface area (Å²) in [5.41, 5.74) is 4.35. The highest BCUT2D eigenvalue weighted by atomic mass is 32.1. The number of aromatic nitrogens is 3. The van der Waals surface area contributed by atoms with Gasteiger partial charge in [0.1, 0.15) is 4.83 Å². The summed E-state index contributed by atoms with van der Waals surface area (Å²) in [5.74, 6) is 0.702. The lowest BCUT2D eigenvalue weighted by Gasteiger charge is -2.12. The minimum Gasteiger partial charge on any atom is -0.278 e. The van der Waals surface area contributed by atoms with E-state index in [4.69, 9.17) is 9.97 Å². The minimum absolute atomic E-state index is 0.702. The van der Waals surface area contributed by atoms with Crippen LogP contribution in [0.25, 0.3) is 90.3 Å². The Morgan fingerprint density at radius 3 is 2.05 bits per heavy atom. The van der Waals surface area contributed by atoms with Crippen LogP contribution in [0.1, 0.15) is 0 Å². The summed E-state index contributed by atoms with van der Waals surface area (Å²) in [6.07, 6.45) is 0. The maximum Gasteiger partial charge on any atom is 0.236 e. The Labute approximate surface area is 253 Å². The van der Waals surface area contributed by atoms with Crippen LogP contribution in [-0.4, -0.2) is 14.5 Å². The van der Waals surface area contributed by atoms with E-state index >= 15 is 0 Å². The van der Waals surface area contributed by atoms with Crippen LogP contribution >= 0.6 is 22.7 Å². The Balaban J connectivity index is 1.37. The molecule has 6 aromatic carbocycles. The average molecular weight is 584 g/mol. The van der Waals surface area contributed by atoms with Crippen molar-refractivity contribution in [2.24, 2.45) is 0 Å². The van der Waals surface area contributed by atoms with Gasteiger partial charge in [0.2, 0.25) is 5.95 Å². The largest absolute Gasteiger partial charge is 0.278 e. The molecule has 0 bridgehead atoms. The van der Waals surface area contributed by atoms with E-state index in [9.17, 15) is 0 Å². The molecular weight excluding hydrogens is 563 g/mol. The van der Waals surface area contributed by atoms with Crippen molar-refractivity contribution in [3.63, 3.8) is 0 Å². The molecule has 200 valence electrons. The molecule has 0 saturated heterocycles. The average Bonchev–Trinajstić information content (AvgIpc) is 3.72. The van der Waals surface area contributed by atoms with Crippen LogP contribution in [0, 0.1) is 0 Å². The Morgan fingerprint density at radius 2 is 1.16 bits per heavy atom. The van der Waals surface area contributed by atoms with Gasteiger partial charge in [-0.15, -0.1) is 22.7 Å². The molecule has 0 saturated carbocycles. The van der Waals surface area contributed by atoms with Gasteiger partial charge in [-0.2, -0.15) is 0 Å². The molecule has 0 aliphatic rings. The van der Waals surface area contributed by atoms with E-state index in [2.05, 4.69) is 132 Å². The fraction of sp³-hybridized carbons (Fsp3) is 0. The number of hydrogen-bond acceptors (Lipinski definition) is 4. The van der Waals surface area contributed by atoms with Crippen molar-refractivity contribution in [3.8, 4) is 17.2 Å². The summed E-state index contributed by atoms with van der Waals surface area (Å²) in [5, 5.41) is 9.76. The Kier molecular flexibility index (Phi) is 4.75. The molecule has 3 nitrogen and oxygen atoms in total. The molecule has 4 aromatic heterocycles. The molecule has 0 unspecified atom stereocenters. The van der Waals surface area contributed by atoms with Gasteiger partial charge in [-0.3, -0.25) is 4.57 Å². The molecule has 0 aliphatic carbocycles. The molecule has 5 heteroatoms. The van der Waals surface area contributed by atoms with Crippen LogP contribution in [0.4, 0.5) is 0 Å². The normalized spacial score (nSPS) is 12.2. The molecule has 4 heterocycles. The number of hydrogen-bond donors (Lipinski definition) is 0. The predicted octanol–water partition coefficient (Wildman–Crippen LogP) is 11.1. The first-order valence-electron chi connectivity index (χ1n) is 14.3. The second kappa shape index (κ2) is 8.71. The van der Waals surface area contributed by atoms with E-state index in [0.29, 0.717) is 5.95 Å². The third-order valence-electron chi connectivity index (χ3n) is 8.64. The number of benzene rings is 6. The van der Waals surface area contributed by atoms with E-state index < -0.39 is 0 Å². The monoisotopic (exact) mass is 583 g/mol. The summed E-state index contributed by atoms with van der Waals surface area (Å²) in [6, 6.07) is 45.7. The molecule has 0 N–H and O–H groups in total. The van der Waals surface area contributed by atoms with Gasteiger partial charge in [0.05, 0.1) is 16.7 Å². The van der Waals surface area contributed by atoms with Crippen molar-refractivity contribution < 1.29 is 0 Å². The zero-order chi connectivity index (χ0) is 28.1. The Bertz CT molecular complexity index is 2740. The molecule has 0 radical (unpaired) electrons.